The predicted molar refractivity (Wildman–Crippen MR) is 259 cm³/mol. The summed E-state index contributed by atoms with van der Waals surface area (Å²) >= 11 is 0. The van der Waals surface area contributed by atoms with Gasteiger partial charge in [0.05, 0.1) is 45.2 Å². The second-order valence-corrected chi connectivity index (χ2v) is 17.1. The molecule has 7 aromatic rings. The van der Waals surface area contributed by atoms with Gasteiger partial charge in [0.1, 0.15) is 24.4 Å². The Balaban J connectivity index is 1.15. The van der Waals surface area contributed by atoms with Gasteiger partial charge in [0.2, 0.25) is 5.91 Å². The van der Waals surface area contributed by atoms with Crippen LogP contribution in [0.1, 0.15) is 64.1 Å². The molecule has 6 aromatic carbocycles. The largest absolute Gasteiger partial charge is 0.394 e. The first kappa shape index (κ1) is 46.4. The third-order valence-corrected chi connectivity index (χ3v) is 11.9. The van der Waals surface area contributed by atoms with E-state index in [-0.39, 0.29) is 31.6 Å². The molecule has 1 aliphatic rings. The number of aryl methyl sites for hydroxylation is 1. The summed E-state index contributed by atoms with van der Waals surface area (Å²) in [5.41, 5.74) is 9.71. The lowest BCUT2D eigenvalue weighted by molar-refractivity contribution is -0.289. The molecular formula is C57H60N2O7. The van der Waals surface area contributed by atoms with Crippen molar-refractivity contribution in [2.75, 3.05) is 13.2 Å². The van der Waals surface area contributed by atoms with Crippen LogP contribution in [0.5, 0.6) is 0 Å². The number of rotatable bonds is 21. The minimum absolute atomic E-state index is 0.0929. The molecule has 6 atom stereocenters. The van der Waals surface area contributed by atoms with Gasteiger partial charge in [-0.3, -0.25) is 4.79 Å². The summed E-state index contributed by atoms with van der Waals surface area (Å²) in [6.45, 7) is 5.57. The van der Waals surface area contributed by atoms with Gasteiger partial charge >= 0.3 is 0 Å². The summed E-state index contributed by atoms with van der Waals surface area (Å²) in [6.07, 6.45) is 4.05. The lowest BCUT2D eigenvalue weighted by atomic mass is 9.96. The maximum absolute atomic E-state index is 12.2. The van der Waals surface area contributed by atoms with Crippen molar-refractivity contribution in [1.82, 2.24) is 9.88 Å². The molecule has 0 aliphatic carbocycles. The second kappa shape index (κ2) is 23.3. The third kappa shape index (κ3) is 12.4. The number of aliphatic hydroxyl groups excluding tert-OH is 1. The number of nitrogens with one attached hydrogen (secondary N) is 1. The molecule has 1 aromatic heterocycles. The number of hydrogen-bond acceptors (Lipinski definition) is 7. The Morgan fingerprint density at radius 3 is 1.79 bits per heavy atom. The molecule has 1 fully saturated rings. The molecule has 0 spiro atoms. The van der Waals surface area contributed by atoms with Gasteiger partial charge in [0.25, 0.3) is 0 Å². The molecule has 9 nitrogen and oxygen atoms in total. The maximum Gasteiger partial charge on any atom is 0.224 e. The van der Waals surface area contributed by atoms with Crippen molar-refractivity contribution in [3.8, 4) is 0 Å². The van der Waals surface area contributed by atoms with Crippen LogP contribution in [0.15, 0.2) is 176 Å². The molecule has 2 heterocycles. The monoisotopic (exact) mass is 884 g/mol. The predicted octanol–water partition coefficient (Wildman–Crippen LogP) is 10.3. The van der Waals surface area contributed by atoms with Gasteiger partial charge in [-0.15, -0.1) is 0 Å². The van der Waals surface area contributed by atoms with Crippen LogP contribution in [0.3, 0.4) is 0 Å². The number of hydrogen-bond donors (Lipinski definition) is 2. The van der Waals surface area contributed by atoms with Crippen LogP contribution in [0.25, 0.3) is 17.0 Å². The van der Waals surface area contributed by atoms with Gasteiger partial charge in [0.15, 0.2) is 6.23 Å². The van der Waals surface area contributed by atoms with Crippen molar-refractivity contribution in [2.45, 2.75) is 89.8 Å². The SMILES string of the molecule is Cc1cccc2c1c(Cc1ccc(C=CCC(=O)N[C@@H](C)CO)cc1)cn2[C@@H]1O[C@H](COCc2ccccc2)[C@@H](OCc2ccccc2)[C@H](OCc2ccccc2)[C@H]1OCc1ccccc1. The maximum atomic E-state index is 12.2. The van der Waals surface area contributed by atoms with Gasteiger partial charge in [-0.05, 0) is 70.8 Å². The summed E-state index contributed by atoms with van der Waals surface area (Å²) in [4.78, 5) is 12.2. The Morgan fingerprint density at radius 1 is 0.667 bits per heavy atom. The van der Waals surface area contributed by atoms with Crippen molar-refractivity contribution < 1.29 is 33.6 Å². The summed E-state index contributed by atoms with van der Waals surface area (Å²) in [6, 6.07) is 55.4. The number of carbonyl (C=O) groups excluding carboxylic acids is 1. The summed E-state index contributed by atoms with van der Waals surface area (Å²) in [5, 5.41) is 13.2. The molecule has 340 valence electrons. The summed E-state index contributed by atoms with van der Waals surface area (Å²) in [5.74, 6) is -0.124. The van der Waals surface area contributed by atoms with E-state index in [1.54, 1.807) is 6.92 Å². The fourth-order valence-electron chi connectivity index (χ4n) is 8.57. The van der Waals surface area contributed by atoms with Gasteiger partial charge < -0.3 is 38.7 Å². The second-order valence-electron chi connectivity index (χ2n) is 17.1. The van der Waals surface area contributed by atoms with E-state index in [1.807, 2.05) is 84.9 Å². The Kier molecular flexibility index (Phi) is 16.4. The number of amides is 1. The van der Waals surface area contributed by atoms with E-state index >= 15 is 0 Å². The van der Waals surface area contributed by atoms with Crippen LogP contribution in [0.2, 0.25) is 0 Å². The van der Waals surface area contributed by atoms with Crippen molar-refractivity contribution in [3.05, 3.63) is 221 Å². The van der Waals surface area contributed by atoms with Gasteiger partial charge in [-0.2, -0.15) is 0 Å². The first-order valence-corrected chi connectivity index (χ1v) is 22.9. The Hall–Kier alpha value is -6.17. The first-order chi connectivity index (χ1) is 32.4. The van der Waals surface area contributed by atoms with Gasteiger partial charge in [0, 0.05) is 24.0 Å². The van der Waals surface area contributed by atoms with Crippen LogP contribution < -0.4 is 5.32 Å². The average molecular weight is 885 g/mol. The quantitative estimate of drug-likeness (QED) is 0.0741. The smallest absolute Gasteiger partial charge is 0.224 e. The highest BCUT2D eigenvalue weighted by Crippen LogP contribution is 2.39. The average Bonchev–Trinajstić information content (AvgIpc) is 3.72. The van der Waals surface area contributed by atoms with Crippen molar-refractivity contribution >= 4 is 22.9 Å². The molecular weight excluding hydrogens is 825 g/mol. The number of nitrogens with zero attached hydrogens (tertiary/aromatic N) is 1. The molecule has 0 saturated carbocycles. The van der Waals surface area contributed by atoms with Gasteiger partial charge in [-0.25, -0.2) is 0 Å². The molecule has 66 heavy (non-hydrogen) atoms. The van der Waals surface area contributed by atoms with Crippen molar-refractivity contribution in [1.29, 1.82) is 0 Å². The molecule has 9 heteroatoms. The Labute approximate surface area is 388 Å². The third-order valence-electron chi connectivity index (χ3n) is 11.9. The number of aromatic nitrogens is 1. The lowest BCUT2D eigenvalue weighted by Gasteiger charge is -2.46. The zero-order valence-electron chi connectivity index (χ0n) is 37.8. The molecule has 0 radical (unpaired) electrons. The van der Waals surface area contributed by atoms with E-state index in [4.69, 9.17) is 23.7 Å². The number of ether oxygens (including phenoxy) is 5. The van der Waals surface area contributed by atoms with E-state index in [1.165, 1.54) is 0 Å². The summed E-state index contributed by atoms with van der Waals surface area (Å²) in [7, 11) is 0. The van der Waals surface area contributed by atoms with E-state index in [9.17, 15) is 9.90 Å². The van der Waals surface area contributed by atoms with Gasteiger partial charge in [-0.1, -0.05) is 170 Å². The standard InChI is InChI=1S/C57H60N2O7/c1-41-17-15-27-50-53(41)49(33-44-31-29-43(30-32-44)26-16-28-52(61)58-42(2)35-60)34-59(50)57-56(65-39-48-24-13-6-14-25-48)55(64-38-47-22-11-5-12-23-47)54(63-37-46-20-9-4-10-21-46)51(66-57)40-62-36-45-18-7-3-8-19-45/h3-27,29-32,34,42,51,54-57,60H,28,33,35-40H2,1-2H3,(H,58,61)/t42-,51+,54+,55-,56+,57+/m0/s1. The number of carbonyl (C=O) groups is 1. The number of fused-ring (bicyclic) bond motifs is 1. The van der Waals surface area contributed by atoms with E-state index in [2.05, 4.69) is 114 Å². The van der Waals surface area contributed by atoms with Crippen LogP contribution in [-0.4, -0.2) is 59.3 Å². The molecule has 1 amide bonds. The highest BCUT2D eigenvalue weighted by atomic mass is 16.6. The number of benzene rings is 6. The highest BCUT2D eigenvalue weighted by Gasteiger charge is 2.49. The van der Waals surface area contributed by atoms with Crippen LogP contribution in [0, 0.1) is 6.92 Å². The molecule has 8 rings (SSSR count). The summed E-state index contributed by atoms with van der Waals surface area (Å²) < 4.78 is 37.3. The molecule has 2 N–H and O–H groups in total. The Morgan fingerprint density at radius 2 is 1.21 bits per heavy atom. The normalized spacial score (nSPS) is 19.0. The molecule has 1 saturated heterocycles. The van der Waals surface area contributed by atoms with Crippen LogP contribution >= 0.6 is 0 Å². The first-order valence-electron chi connectivity index (χ1n) is 22.9. The zero-order chi connectivity index (χ0) is 45.5. The minimum atomic E-state index is -0.625. The van der Waals surface area contributed by atoms with E-state index in [0.29, 0.717) is 32.8 Å². The lowest BCUT2D eigenvalue weighted by Crippen LogP contribution is -2.59. The fraction of sp³-hybridized carbons (Fsp3) is 0.281. The van der Waals surface area contributed by atoms with Crippen molar-refractivity contribution in [3.63, 3.8) is 0 Å². The van der Waals surface area contributed by atoms with E-state index < -0.39 is 30.6 Å². The van der Waals surface area contributed by atoms with Crippen molar-refractivity contribution in [2.24, 2.45) is 0 Å². The Bertz CT molecular complexity index is 2580. The zero-order valence-corrected chi connectivity index (χ0v) is 37.8. The van der Waals surface area contributed by atoms with E-state index in [0.717, 1.165) is 55.4 Å². The molecule has 0 bridgehead atoms. The highest BCUT2D eigenvalue weighted by molar-refractivity contribution is 5.87. The van der Waals surface area contributed by atoms with Crippen LogP contribution in [0.4, 0.5) is 0 Å². The topological polar surface area (TPSA) is 100 Å². The van der Waals surface area contributed by atoms with Crippen LogP contribution in [-0.2, 0) is 61.3 Å². The molecule has 0 unspecified atom stereocenters. The fourth-order valence-corrected chi connectivity index (χ4v) is 8.57. The molecule has 1 aliphatic heterocycles. The number of aliphatic hydroxyl groups is 1. The minimum Gasteiger partial charge on any atom is -0.394 e.